The molecule has 0 saturated heterocycles. The van der Waals surface area contributed by atoms with Gasteiger partial charge in [0.15, 0.2) is 11.6 Å². The number of carbonyl (C=O) groups excluding carboxylic acids is 2. The average Bonchev–Trinajstić information content (AvgIpc) is 2.93. The van der Waals surface area contributed by atoms with E-state index in [2.05, 4.69) is 0 Å². The van der Waals surface area contributed by atoms with Crippen molar-refractivity contribution in [3.63, 3.8) is 0 Å². The van der Waals surface area contributed by atoms with Crippen LogP contribution in [0.5, 0.6) is 11.5 Å². The van der Waals surface area contributed by atoms with Crippen molar-refractivity contribution < 1.29 is 32.0 Å². The molecule has 4 aromatic carbocycles. The zero-order chi connectivity index (χ0) is 27.4. The van der Waals surface area contributed by atoms with E-state index < -0.39 is 16.4 Å². The van der Waals surface area contributed by atoms with Crippen molar-refractivity contribution in [1.82, 2.24) is 0 Å². The molecule has 0 radical (unpaired) electrons. The van der Waals surface area contributed by atoms with E-state index in [1.165, 1.54) is 12.1 Å². The number of rotatable bonds is 4. The Kier molecular flexibility index (Phi) is 7.44. The van der Waals surface area contributed by atoms with Gasteiger partial charge in [0.2, 0.25) is 0 Å². The van der Waals surface area contributed by atoms with E-state index in [1.807, 2.05) is 59.3 Å². The van der Waals surface area contributed by atoms with Crippen molar-refractivity contribution in [1.29, 1.82) is 0 Å². The summed E-state index contributed by atoms with van der Waals surface area (Å²) in [6.07, 6.45) is 0.0733. The summed E-state index contributed by atoms with van der Waals surface area (Å²) < 4.78 is 43.9. The van der Waals surface area contributed by atoms with Crippen molar-refractivity contribution >= 4 is 27.6 Å². The van der Waals surface area contributed by atoms with Crippen LogP contribution in [0.15, 0.2) is 103 Å². The minimum Gasteiger partial charge on any atom is -0.484 e. The molecule has 39 heavy (non-hydrogen) atoms. The number of anilines is 1. The highest BCUT2D eigenvalue weighted by atomic mass is 32.2. The summed E-state index contributed by atoms with van der Waals surface area (Å²) in [5.74, 6) is 1.40. The lowest BCUT2D eigenvalue weighted by Gasteiger charge is -2.25. The Morgan fingerprint density at radius 3 is 1.54 bits per heavy atom. The molecule has 2 aliphatic rings. The fourth-order valence-corrected chi connectivity index (χ4v) is 4.93. The van der Waals surface area contributed by atoms with Crippen LogP contribution >= 0.6 is 0 Å². The summed E-state index contributed by atoms with van der Waals surface area (Å²) in [7, 11) is -4.30. The highest BCUT2D eigenvalue weighted by Gasteiger charge is 2.28. The van der Waals surface area contributed by atoms with Gasteiger partial charge in [-0.1, -0.05) is 66.7 Å². The van der Waals surface area contributed by atoms with Crippen LogP contribution in [0, 0.1) is 0 Å². The molecule has 0 fully saturated rings. The first-order valence-electron chi connectivity index (χ1n) is 12.2. The molecule has 0 amide bonds. The van der Waals surface area contributed by atoms with E-state index in [9.17, 15) is 18.0 Å². The number of carbonyl (C=O) groups is 2. The maximum atomic E-state index is 12.1. The van der Waals surface area contributed by atoms with Crippen LogP contribution < -0.4 is 14.2 Å². The van der Waals surface area contributed by atoms with Crippen LogP contribution in [0.4, 0.5) is 5.69 Å². The van der Waals surface area contributed by atoms with Gasteiger partial charge in [-0.25, -0.2) is 0 Å². The lowest BCUT2D eigenvalue weighted by atomic mass is 9.96. The smallest absolute Gasteiger partial charge is 0.357 e. The fourth-order valence-electron chi connectivity index (χ4n) is 4.50. The van der Waals surface area contributed by atoms with Crippen LogP contribution in [0.1, 0.15) is 56.9 Å². The topological polar surface area (TPSA) is 119 Å². The van der Waals surface area contributed by atoms with Gasteiger partial charge < -0.3 is 9.47 Å². The van der Waals surface area contributed by atoms with E-state index >= 15 is 0 Å². The maximum Gasteiger partial charge on any atom is 0.357 e. The number of hydrogen-bond donors (Lipinski definition) is 2. The highest BCUT2D eigenvalue weighted by molar-refractivity contribution is 7.87. The number of Topliss-reactive ketones (excluding diaryl/α,β-unsaturated/α-hetero) is 2. The lowest BCUT2D eigenvalue weighted by Crippen LogP contribution is -2.20. The molecule has 0 bridgehead atoms. The Morgan fingerprint density at radius 1 is 0.615 bits per heavy atom. The number of fused-ring (bicyclic) bond motifs is 2. The van der Waals surface area contributed by atoms with Gasteiger partial charge in [0.1, 0.15) is 23.7 Å². The average molecular weight is 544 g/mol. The number of hydrogen-bond acceptors (Lipinski definition) is 6. The Bertz CT molecular complexity index is 1600. The second kappa shape index (κ2) is 11.1. The molecule has 8 nitrogen and oxygen atoms in total. The molecular formula is C30H25NO7S. The van der Waals surface area contributed by atoms with Gasteiger partial charge in [-0.15, -0.1) is 0 Å². The van der Waals surface area contributed by atoms with E-state index in [-0.39, 0.29) is 29.8 Å². The molecule has 4 aromatic rings. The molecule has 6 rings (SSSR count). The first kappa shape index (κ1) is 26.1. The zero-order valence-electron chi connectivity index (χ0n) is 20.7. The van der Waals surface area contributed by atoms with E-state index in [4.69, 9.17) is 14.0 Å². The third-order valence-corrected chi connectivity index (χ3v) is 6.85. The van der Waals surface area contributed by atoms with Gasteiger partial charge in [-0.2, -0.15) is 8.42 Å². The zero-order valence-corrected chi connectivity index (χ0v) is 21.5. The van der Waals surface area contributed by atoms with Crippen molar-refractivity contribution in [2.45, 2.75) is 25.0 Å². The normalized spacial score (nSPS) is 17.9. The molecule has 2 heterocycles. The predicted octanol–water partition coefficient (Wildman–Crippen LogP) is 6.00. The Balaban J connectivity index is 0.000000163. The number of ether oxygens (including phenoxy) is 2. The molecule has 2 aliphatic heterocycles. The molecule has 9 heteroatoms. The molecule has 2 atom stereocenters. The van der Waals surface area contributed by atoms with Gasteiger partial charge in [0.05, 0.1) is 29.7 Å². The standard InChI is InChI=1S/C15H13NO5S.C15H12O2/c17-13-9-15(21-14-4-2-1-3-12(13)14)10-5-7-11(8-6-10)16-22(18,19)20;16-13-10-15(11-6-2-1-3-7-11)17-14-9-5-4-8-12(13)14/h1-8,15-16H,9H2,(H,18,19,20);1-9,15H,10H2. The molecule has 0 aliphatic carbocycles. The SMILES string of the molecule is O=C1CC(c2ccc(NS(=O)(=O)O)cc2)Oc2ccccc21.O=C1CC(c2ccccc2)Oc2ccccc21. The van der Waals surface area contributed by atoms with Gasteiger partial charge in [0.25, 0.3) is 0 Å². The highest BCUT2D eigenvalue weighted by Crippen LogP contribution is 2.35. The fraction of sp³-hybridized carbons (Fsp3) is 0.133. The quantitative estimate of drug-likeness (QED) is 0.303. The molecule has 0 aromatic heterocycles. The summed E-state index contributed by atoms with van der Waals surface area (Å²) >= 11 is 0. The number of benzene rings is 4. The van der Waals surface area contributed by atoms with E-state index in [1.54, 1.807) is 36.4 Å². The van der Waals surface area contributed by atoms with Crippen LogP contribution in [0.3, 0.4) is 0 Å². The van der Waals surface area contributed by atoms with Crippen molar-refractivity contribution in [2.75, 3.05) is 4.72 Å². The molecule has 198 valence electrons. The first-order valence-corrected chi connectivity index (χ1v) is 13.7. The Labute approximate surface area is 226 Å². The lowest BCUT2D eigenvalue weighted by molar-refractivity contribution is 0.0840. The van der Waals surface area contributed by atoms with Crippen LogP contribution in [-0.4, -0.2) is 24.5 Å². The molecular weight excluding hydrogens is 518 g/mol. The molecule has 0 spiro atoms. The number of nitrogens with one attached hydrogen (secondary N) is 1. The molecule has 2 unspecified atom stereocenters. The minimum absolute atomic E-state index is 0.00647. The second-order valence-corrected chi connectivity index (χ2v) is 10.2. The predicted molar refractivity (Wildman–Crippen MR) is 146 cm³/mol. The number of ketones is 2. The Morgan fingerprint density at radius 2 is 1.05 bits per heavy atom. The monoisotopic (exact) mass is 543 g/mol. The molecule has 2 N–H and O–H groups in total. The first-order chi connectivity index (χ1) is 18.8. The minimum atomic E-state index is -4.30. The summed E-state index contributed by atoms with van der Waals surface area (Å²) in [6, 6.07) is 30.6. The van der Waals surface area contributed by atoms with E-state index in [0.717, 1.165) is 11.1 Å². The largest absolute Gasteiger partial charge is 0.484 e. The summed E-state index contributed by atoms with van der Waals surface area (Å²) in [6.45, 7) is 0. The van der Waals surface area contributed by atoms with Gasteiger partial charge in [-0.05, 0) is 47.5 Å². The Hall–Kier alpha value is -4.47. The summed E-state index contributed by atoms with van der Waals surface area (Å²) in [5, 5.41) is 0. The van der Waals surface area contributed by atoms with Crippen LogP contribution in [-0.2, 0) is 10.3 Å². The van der Waals surface area contributed by atoms with Gasteiger partial charge >= 0.3 is 10.3 Å². The summed E-state index contributed by atoms with van der Waals surface area (Å²) in [4.78, 5) is 24.1. The summed E-state index contributed by atoms with van der Waals surface area (Å²) in [5.41, 5.74) is 3.30. The van der Waals surface area contributed by atoms with Crippen molar-refractivity contribution in [3.05, 3.63) is 125 Å². The van der Waals surface area contributed by atoms with Crippen molar-refractivity contribution in [2.24, 2.45) is 0 Å². The van der Waals surface area contributed by atoms with E-state index in [0.29, 0.717) is 29.0 Å². The van der Waals surface area contributed by atoms with Crippen LogP contribution in [0.25, 0.3) is 0 Å². The third kappa shape index (κ3) is 6.34. The molecule has 0 saturated carbocycles. The van der Waals surface area contributed by atoms with Crippen LogP contribution in [0.2, 0.25) is 0 Å². The third-order valence-electron chi connectivity index (χ3n) is 6.36. The van der Waals surface area contributed by atoms with Gasteiger partial charge in [0, 0.05) is 0 Å². The maximum absolute atomic E-state index is 12.1. The number of para-hydroxylation sites is 2. The van der Waals surface area contributed by atoms with Gasteiger partial charge in [-0.3, -0.25) is 18.9 Å². The second-order valence-electron chi connectivity index (χ2n) is 9.07. The van der Waals surface area contributed by atoms with Crippen molar-refractivity contribution in [3.8, 4) is 11.5 Å².